The number of hydrogen-bond acceptors (Lipinski definition) is 4. The molecule has 90 valence electrons. The summed E-state index contributed by atoms with van der Waals surface area (Å²) in [5, 5.41) is 2.79. The van der Waals surface area contributed by atoms with Gasteiger partial charge in [0.15, 0.2) is 0 Å². The van der Waals surface area contributed by atoms with Crippen molar-refractivity contribution in [2.75, 3.05) is 39.5 Å². The highest BCUT2D eigenvalue weighted by molar-refractivity contribution is 5.75. The number of ether oxygens (including phenoxy) is 2. The number of carbonyl (C=O) groups is 1. The lowest BCUT2D eigenvalue weighted by atomic mass is 10.4. The zero-order chi connectivity index (χ0) is 11.4. The maximum atomic E-state index is 11.2. The van der Waals surface area contributed by atoms with Crippen LogP contribution in [0.25, 0.3) is 0 Å². The molecule has 0 aliphatic carbocycles. The Morgan fingerprint density at radius 2 is 2.07 bits per heavy atom. The normalized spacial score (nSPS) is 10.3. The van der Waals surface area contributed by atoms with Crippen LogP contribution < -0.4 is 11.1 Å². The minimum atomic E-state index is 0.0299. The molecule has 0 aliphatic heterocycles. The van der Waals surface area contributed by atoms with Crippen molar-refractivity contribution in [3.63, 3.8) is 0 Å². The van der Waals surface area contributed by atoms with Crippen LogP contribution in [-0.2, 0) is 14.3 Å². The highest BCUT2D eigenvalue weighted by Gasteiger charge is 1.99. The monoisotopic (exact) mass is 218 g/mol. The molecule has 1 amide bonds. The molecular formula is C10H22N2O3. The molecule has 0 heterocycles. The van der Waals surface area contributed by atoms with E-state index in [0.29, 0.717) is 45.9 Å². The second-order valence-electron chi connectivity index (χ2n) is 3.05. The molecule has 5 nitrogen and oxygen atoms in total. The minimum absolute atomic E-state index is 0.0299. The van der Waals surface area contributed by atoms with Crippen LogP contribution in [0.15, 0.2) is 0 Å². The molecule has 0 saturated heterocycles. The van der Waals surface area contributed by atoms with E-state index >= 15 is 0 Å². The van der Waals surface area contributed by atoms with Crippen molar-refractivity contribution in [3.8, 4) is 0 Å². The smallest absolute Gasteiger partial charge is 0.222 e. The second-order valence-corrected chi connectivity index (χ2v) is 3.05. The third kappa shape index (κ3) is 11.3. The lowest BCUT2D eigenvalue weighted by molar-refractivity contribution is -0.122. The standard InChI is InChI=1S/C10H22N2O3/c1-2-14-8-4-10(13)12-6-3-7-15-9-5-11/h2-9,11H2,1H3,(H,12,13). The van der Waals surface area contributed by atoms with Gasteiger partial charge >= 0.3 is 0 Å². The quantitative estimate of drug-likeness (QED) is 0.502. The first kappa shape index (κ1) is 14.3. The summed E-state index contributed by atoms with van der Waals surface area (Å²) in [6, 6.07) is 0. The van der Waals surface area contributed by atoms with Crippen molar-refractivity contribution in [3.05, 3.63) is 0 Å². The lowest BCUT2D eigenvalue weighted by Gasteiger charge is -2.05. The van der Waals surface area contributed by atoms with Crippen LogP contribution in [0.4, 0.5) is 0 Å². The van der Waals surface area contributed by atoms with Crippen LogP contribution in [0, 0.1) is 0 Å². The summed E-state index contributed by atoms with van der Waals surface area (Å²) < 4.78 is 10.2. The van der Waals surface area contributed by atoms with Crippen molar-refractivity contribution in [2.45, 2.75) is 19.8 Å². The molecular weight excluding hydrogens is 196 g/mol. The third-order valence-electron chi connectivity index (χ3n) is 1.73. The van der Waals surface area contributed by atoms with E-state index in [9.17, 15) is 4.79 Å². The summed E-state index contributed by atoms with van der Waals surface area (Å²) >= 11 is 0. The molecule has 0 atom stereocenters. The fourth-order valence-corrected chi connectivity index (χ4v) is 0.985. The number of amides is 1. The van der Waals surface area contributed by atoms with Gasteiger partial charge in [-0.2, -0.15) is 0 Å². The average Bonchev–Trinajstić information content (AvgIpc) is 2.23. The Morgan fingerprint density at radius 1 is 1.27 bits per heavy atom. The van der Waals surface area contributed by atoms with Gasteiger partial charge in [0, 0.05) is 32.7 Å². The summed E-state index contributed by atoms with van der Waals surface area (Å²) in [7, 11) is 0. The summed E-state index contributed by atoms with van der Waals surface area (Å²) in [6.07, 6.45) is 1.25. The number of carbonyl (C=O) groups excluding carboxylic acids is 1. The number of nitrogens with one attached hydrogen (secondary N) is 1. The van der Waals surface area contributed by atoms with Crippen molar-refractivity contribution in [1.29, 1.82) is 0 Å². The van der Waals surface area contributed by atoms with Crippen LogP contribution in [0.3, 0.4) is 0 Å². The zero-order valence-corrected chi connectivity index (χ0v) is 9.46. The van der Waals surface area contributed by atoms with E-state index in [4.69, 9.17) is 15.2 Å². The summed E-state index contributed by atoms with van der Waals surface area (Å²) in [5.74, 6) is 0.0299. The molecule has 0 aliphatic rings. The fourth-order valence-electron chi connectivity index (χ4n) is 0.985. The molecule has 5 heteroatoms. The Balaban J connectivity index is 3.10. The lowest BCUT2D eigenvalue weighted by Crippen LogP contribution is -2.26. The van der Waals surface area contributed by atoms with Crippen molar-refractivity contribution in [2.24, 2.45) is 5.73 Å². The van der Waals surface area contributed by atoms with Crippen LogP contribution in [-0.4, -0.2) is 45.4 Å². The second kappa shape index (κ2) is 11.4. The molecule has 0 rings (SSSR count). The minimum Gasteiger partial charge on any atom is -0.381 e. The maximum absolute atomic E-state index is 11.2. The molecule has 0 aromatic heterocycles. The molecule has 0 unspecified atom stereocenters. The van der Waals surface area contributed by atoms with E-state index in [2.05, 4.69) is 5.32 Å². The Kier molecular flexibility index (Phi) is 10.9. The van der Waals surface area contributed by atoms with E-state index in [1.54, 1.807) is 0 Å². The van der Waals surface area contributed by atoms with Gasteiger partial charge in [0.05, 0.1) is 13.2 Å². The topological polar surface area (TPSA) is 73.6 Å². The Hall–Kier alpha value is -0.650. The molecule has 0 saturated carbocycles. The zero-order valence-electron chi connectivity index (χ0n) is 9.46. The van der Waals surface area contributed by atoms with Gasteiger partial charge in [0.2, 0.25) is 5.91 Å². The van der Waals surface area contributed by atoms with Crippen molar-refractivity contribution in [1.82, 2.24) is 5.32 Å². The predicted octanol–water partition coefficient (Wildman–Crippen LogP) is -0.105. The molecule has 0 aromatic rings. The number of hydrogen-bond donors (Lipinski definition) is 2. The third-order valence-corrected chi connectivity index (χ3v) is 1.73. The molecule has 0 spiro atoms. The highest BCUT2D eigenvalue weighted by atomic mass is 16.5. The molecule has 0 bridgehead atoms. The Labute approximate surface area is 91.3 Å². The van der Waals surface area contributed by atoms with Gasteiger partial charge in [-0.05, 0) is 13.3 Å². The van der Waals surface area contributed by atoms with Crippen molar-refractivity contribution < 1.29 is 14.3 Å². The van der Waals surface area contributed by atoms with Gasteiger partial charge in [-0.3, -0.25) is 4.79 Å². The maximum Gasteiger partial charge on any atom is 0.222 e. The number of rotatable bonds is 10. The summed E-state index contributed by atoms with van der Waals surface area (Å²) in [6.45, 7) is 5.47. The first-order valence-corrected chi connectivity index (χ1v) is 5.43. The van der Waals surface area contributed by atoms with E-state index in [-0.39, 0.29) is 5.91 Å². The van der Waals surface area contributed by atoms with E-state index in [1.807, 2.05) is 6.92 Å². The van der Waals surface area contributed by atoms with Crippen LogP contribution in [0.5, 0.6) is 0 Å². The highest BCUT2D eigenvalue weighted by Crippen LogP contribution is 1.84. The van der Waals surface area contributed by atoms with Gasteiger partial charge in [-0.1, -0.05) is 0 Å². The van der Waals surface area contributed by atoms with Crippen LogP contribution in [0.2, 0.25) is 0 Å². The van der Waals surface area contributed by atoms with Crippen LogP contribution >= 0.6 is 0 Å². The fraction of sp³-hybridized carbons (Fsp3) is 0.900. The van der Waals surface area contributed by atoms with Gasteiger partial charge in [0.1, 0.15) is 0 Å². The van der Waals surface area contributed by atoms with Gasteiger partial charge in [-0.25, -0.2) is 0 Å². The van der Waals surface area contributed by atoms with E-state index in [0.717, 1.165) is 6.42 Å². The first-order chi connectivity index (χ1) is 7.31. The largest absolute Gasteiger partial charge is 0.381 e. The molecule has 0 radical (unpaired) electrons. The predicted molar refractivity (Wildman–Crippen MR) is 58.6 cm³/mol. The summed E-state index contributed by atoms with van der Waals surface area (Å²) in [5.41, 5.74) is 5.25. The van der Waals surface area contributed by atoms with Crippen molar-refractivity contribution >= 4 is 5.91 Å². The van der Waals surface area contributed by atoms with Crippen LogP contribution in [0.1, 0.15) is 19.8 Å². The molecule has 0 fully saturated rings. The Bertz CT molecular complexity index is 154. The molecule has 3 N–H and O–H groups in total. The van der Waals surface area contributed by atoms with Gasteiger partial charge in [0.25, 0.3) is 0 Å². The summed E-state index contributed by atoms with van der Waals surface area (Å²) in [4.78, 5) is 11.2. The average molecular weight is 218 g/mol. The molecule has 15 heavy (non-hydrogen) atoms. The molecule has 0 aromatic carbocycles. The number of nitrogens with two attached hydrogens (primary N) is 1. The SMILES string of the molecule is CCOCCC(=O)NCCCOCCN. The van der Waals surface area contributed by atoms with Gasteiger partial charge < -0.3 is 20.5 Å². The van der Waals surface area contributed by atoms with E-state index in [1.165, 1.54) is 0 Å². The Morgan fingerprint density at radius 3 is 2.73 bits per heavy atom. The first-order valence-electron chi connectivity index (χ1n) is 5.43. The van der Waals surface area contributed by atoms with Gasteiger partial charge in [-0.15, -0.1) is 0 Å². The van der Waals surface area contributed by atoms with E-state index < -0.39 is 0 Å².